The van der Waals surface area contributed by atoms with Gasteiger partial charge >= 0.3 is 6.18 Å². The van der Waals surface area contributed by atoms with Crippen LogP contribution in [0.4, 0.5) is 18.9 Å². The molecule has 176 valence electrons. The van der Waals surface area contributed by atoms with Crippen LogP contribution in [0.25, 0.3) is 0 Å². The van der Waals surface area contributed by atoms with E-state index in [2.05, 4.69) is 5.10 Å². The summed E-state index contributed by atoms with van der Waals surface area (Å²) in [4.78, 5) is 2.03. The number of methoxy groups -OCH3 is 1. The van der Waals surface area contributed by atoms with E-state index in [0.717, 1.165) is 28.1 Å². The van der Waals surface area contributed by atoms with Crippen molar-refractivity contribution in [1.29, 1.82) is 0 Å². The first kappa shape index (κ1) is 23.3. The van der Waals surface area contributed by atoms with E-state index in [1.165, 1.54) is 13.1 Å². The lowest BCUT2D eigenvalue weighted by atomic mass is 10.0. The molecule has 4 rings (SSSR count). The molecule has 1 aliphatic heterocycles. The van der Waals surface area contributed by atoms with Crippen molar-refractivity contribution in [3.63, 3.8) is 0 Å². The molecule has 1 aromatic heterocycles. The second-order valence-corrected chi connectivity index (χ2v) is 8.55. The number of alkyl halides is 3. The highest BCUT2D eigenvalue weighted by Gasteiger charge is 2.39. The number of benzene rings is 2. The Labute approximate surface area is 195 Å². The molecule has 1 saturated heterocycles. The Morgan fingerprint density at radius 1 is 1.15 bits per heavy atom. The van der Waals surface area contributed by atoms with E-state index in [-0.39, 0.29) is 5.56 Å². The summed E-state index contributed by atoms with van der Waals surface area (Å²) in [6.07, 6.45) is -1.83. The number of rotatable bonds is 6. The van der Waals surface area contributed by atoms with Gasteiger partial charge in [-0.05, 0) is 61.2 Å². The third kappa shape index (κ3) is 5.21. The quantitative estimate of drug-likeness (QED) is 0.416. The van der Waals surface area contributed by atoms with Gasteiger partial charge in [0.15, 0.2) is 0 Å². The van der Waals surface area contributed by atoms with E-state index >= 15 is 0 Å². The van der Waals surface area contributed by atoms with Crippen molar-refractivity contribution in [1.82, 2.24) is 9.78 Å². The Morgan fingerprint density at radius 2 is 1.91 bits per heavy atom. The summed E-state index contributed by atoms with van der Waals surface area (Å²) in [6, 6.07) is 12.5. The molecule has 2 aromatic carbocycles. The van der Waals surface area contributed by atoms with Gasteiger partial charge in [-0.25, -0.2) is 0 Å². The molecule has 0 spiro atoms. The molecule has 0 amide bonds. The zero-order valence-electron chi connectivity index (χ0n) is 18.4. The summed E-state index contributed by atoms with van der Waals surface area (Å²) in [7, 11) is 1.61. The fourth-order valence-electron chi connectivity index (χ4n) is 4.19. The van der Waals surface area contributed by atoms with Crippen LogP contribution < -0.4 is 14.4 Å². The van der Waals surface area contributed by atoms with Gasteiger partial charge in [-0.3, -0.25) is 4.68 Å². The van der Waals surface area contributed by atoms with Crippen LogP contribution in [0.15, 0.2) is 48.7 Å². The number of hydrogen-bond acceptors (Lipinski definition) is 4. The van der Waals surface area contributed by atoms with Crippen molar-refractivity contribution in [2.45, 2.75) is 38.6 Å². The number of piperidine rings is 1. The Morgan fingerprint density at radius 3 is 2.61 bits per heavy atom. The van der Waals surface area contributed by atoms with E-state index in [1.807, 2.05) is 29.2 Å². The molecule has 9 heteroatoms. The predicted molar refractivity (Wildman–Crippen MR) is 121 cm³/mol. The molecule has 33 heavy (non-hydrogen) atoms. The average Bonchev–Trinajstić information content (AvgIpc) is 3.21. The summed E-state index contributed by atoms with van der Waals surface area (Å²) < 4.78 is 53.3. The standard InChI is InChI=1S/C24H25ClF3N3O2/c1-16-13-29-31(23(16)24(26,27)28)19-4-3-11-30(14-19)21-12-18(25)7-10-22(21)33-15-17-5-8-20(32-2)9-6-17/h5-10,12-13,19H,3-4,11,14-15H2,1-2H3. The topological polar surface area (TPSA) is 39.5 Å². The summed E-state index contributed by atoms with van der Waals surface area (Å²) in [6.45, 7) is 2.85. The molecular weight excluding hydrogens is 455 g/mol. The number of anilines is 1. The molecule has 0 saturated carbocycles. The van der Waals surface area contributed by atoms with Crippen molar-refractivity contribution in [3.05, 3.63) is 70.5 Å². The van der Waals surface area contributed by atoms with Crippen LogP contribution >= 0.6 is 11.6 Å². The first-order valence-electron chi connectivity index (χ1n) is 10.7. The lowest BCUT2D eigenvalue weighted by molar-refractivity contribution is -0.145. The van der Waals surface area contributed by atoms with Crippen molar-refractivity contribution >= 4 is 17.3 Å². The molecule has 2 heterocycles. The second-order valence-electron chi connectivity index (χ2n) is 8.11. The van der Waals surface area contributed by atoms with Gasteiger partial charge in [0, 0.05) is 18.1 Å². The monoisotopic (exact) mass is 479 g/mol. The van der Waals surface area contributed by atoms with Gasteiger partial charge in [-0.15, -0.1) is 0 Å². The third-order valence-electron chi connectivity index (χ3n) is 5.80. The minimum atomic E-state index is -4.45. The molecule has 1 aliphatic rings. The lowest BCUT2D eigenvalue weighted by Gasteiger charge is -2.36. The minimum absolute atomic E-state index is 0.130. The van der Waals surface area contributed by atoms with Gasteiger partial charge in [0.25, 0.3) is 0 Å². The Balaban J connectivity index is 1.55. The second kappa shape index (κ2) is 9.55. The summed E-state index contributed by atoms with van der Waals surface area (Å²) >= 11 is 6.27. The molecular formula is C24H25ClF3N3O2. The van der Waals surface area contributed by atoms with Gasteiger partial charge in [-0.1, -0.05) is 23.7 Å². The van der Waals surface area contributed by atoms with Gasteiger partial charge in [-0.2, -0.15) is 18.3 Å². The van der Waals surface area contributed by atoms with Gasteiger partial charge in [0.1, 0.15) is 23.8 Å². The maximum Gasteiger partial charge on any atom is 0.433 e. The highest BCUT2D eigenvalue weighted by Crippen LogP contribution is 2.38. The van der Waals surface area contributed by atoms with Crippen LogP contribution in [-0.2, 0) is 12.8 Å². The Kier molecular flexibility index (Phi) is 6.74. The number of ether oxygens (including phenoxy) is 2. The minimum Gasteiger partial charge on any atom is -0.497 e. The fourth-order valence-corrected chi connectivity index (χ4v) is 4.36. The molecule has 0 N–H and O–H groups in total. The third-order valence-corrected chi connectivity index (χ3v) is 6.04. The summed E-state index contributed by atoms with van der Waals surface area (Å²) in [5.41, 5.74) is 1.18. The van der Waals surface area contributed by atoms with E-state index in [0.29, 0.717) is 36.9 Å². The molecule has 3 aromatic rings. The first-order valence-corrected chi connectivity index (χ1v) is 11.1. The van der Waals surface area contributed by atoms with Crippen LogP contribution in [0.1, 0.15) is 35.7 Å². The SMILES string of the molecule is COc1ccc(COc2ccc(Cl)cc2N2CCCC(n3ncc(C)c3C(F)(F)F)C2)cc1. The van der Waals surface area contributed by atoms with Crippen LogP contribution in [0, 0.1) is 6.92 Å². The Hall–Kier alpha value is -2.87. The normalized spacial score (nSPS) is 16.7. The number of aromatic nitrogens is 2. The van der Waals surface area contributed by atoms with Gasteiger partial charge < -0.3 is 14.4 Å². The van der Waals surface area contributed by atoms with Crippen molar-refractivity contribution in [3.8, 4) is 11.5 Å². The summed E-state index contributed by atoms with van der Waals surface area (Å²) in [5, 5.41) is 4.60. The largest absolute Gasteiger partial charge is 0.497 e. The Bertz CT molecular complexity index is 1100. The highest BCUT2D eigenvalue weighted by molar-refractivity contribution is 6.30. The van der Waals surface area contributed by atoms with E-state index in [1.54, 1.807) is 25.3 Å². The maximum atomic E-state index is 13.6. The zero-order valence-corrected chi connectivity index (χ0v) is 19.2. The van der Waals surface area contributed by atoms with Crippen LogP contribution in [-0.4, -0.2) is 30.0 Å². The number of nitrogens with zero attached hydrogens (tertiary/aromatic N) is 3. The van der Waals surface area contributed by atoms with Gasteiger partial charge in [0.05, 0.1) is 25.0 Å². The molecule has 1 fully saturated rings. The molecule has 1 atom stereocenters. The van der Waals surface area contributed by atoms with Gasteiger partial charge in [0.2, 0.25) is 0 Å². The average molecular weight is 480 g/mol. The summed E-state index contributed by atoms with van der Waals surface area (Å²) in [5.74, 6) is 1.39. The molecule has 0 bridgehead atoms. The van der Waals surface area contributed by atoms with Crippen LogP contribution in [0.5, 0.6) is 11.5 Å². The van der Waals surface area contributed by atoms with Crippen molar-refractivity contribution in [2.75, 3.05) is 25.1 Å². The smallest absolute Gasteiger partial charge is 0.433 e. The van der Waals surface area contributed by atoms with Crippen LogP contribution in [0.2, 0.25) is 5.02 Å². The predicted octanol–water partition coefficient (Wildman–Crippen LogP) is 6.29. The van der Waals surface area contributed by atoms with Crippen molar-refractivity contribution in [2.24, 2.45) is 0 Å². The number of hydrogen-bond donors (Lipinski definition) is 0. The highest BCUT2D eigenvalue weighted by atomic mass is 35.5. The molecule has 1 unspecified atom stereocenters. The fraction of sp³-hybridized carbons (Fsp3) is 0.375. The van der Waals surface area contributed by atoms with Crippen molar-refractivity contribution < 1.29 is 22.6 Å². The van der Waals surface area contributed by atoms with E-state index < -0.39 is 17.9 Å². The molecule has 0 radical (unpaired) electrons. The maximum absolute atomic E-state index is 13.6. The first-order chi connectivity index (χ1) is 15.8. The molecule has 5 nitrogen and oxygen atoms in total. The van der Waals surface area contributed by atoms with Crippen LogP contribution in [0.3, 0.4) is 0 Å². The van der Waals surface area contributed by atoms with E-state index in [9.17, 15) is 13.2 Å². The number of aryl methyl sites for hydroxylation is 1. The number of halogens is 4. The lowest BCUT2D eigenvalue weighted by Crippen LogP contribution is -2.38. The van der Waals surface area contributed by atoms with E-state index in [4.69, 9.17) is 21.1 Å². The molecule has 0 aliphatic carbocycles. The zero-order chi connectivity index (χ0) is 23.6.